The topological polar surface area (TPSA) is 50.9 Å². The number of benzene rings is 2. The molecule has 6 heteroatoms. The number of nitrogens with zero attached hydrogens (tertiary/aromatic N) is 3. The van der Waals surface area contributed by atoms with Crippen LogP contribution in [0.1, 0.15) is 6.92 Å². The Bertz CT molecular complexity index is 786. The third-order valence-electron chi connectivity index (χ3n) is 3.14. The molecule has 4 nitrogen and oxygen atoms in total. The average Bonchev–Trinajstić information content (AvgIpc) is 2.92. The minimum atomic E-state index is 0.196. The summed E-state index contributed by atoms with van der Waals surface area (Å²) < 4.78 is 2.98. The lowest BCUT2D eigenvalue weighted by Crippen LogP contribution is -1.99. The number of hydrogen-bond acceptors (Lipinski definition) is 4. The Kier molecular flexibility index (Phi) is 4.49. The molecule has 22 heavy (non-hydrogen) atoms. The Morgan fingerprint density at radius 3 is 2.50 bits per heavy atom. The zero-order valence-corrected chi connectivity index (χ0v) is 14.3. The Hall–Kier alpha value is -1.79. The van der Waals surface area contributed by atoms with E-state index in [9.17, 15) is 5.11 Å². The zero-order valence-electron chi connectivity index (χ0n) is 11.9. The van der Waals surface area contributed by atoms with Crippen molar-refractivity contribution in [2.24, 2.45) is 0 Å². The zero-order chi connectivity index (χ0) is 15.5. The molecule has 0 amide bonds. The monoisotopic (exact) mass is 375 g/mol. The lowest BCUT2D eigenvalue weighted by Gasteiger charge is -2.10. The smallest absolute Gasteiger partial charge is 0.196 e. The number of hydrogen-bond donors (Lipinski definition) is 1. The van der Waals surface area contributed by atoms with Crippen LogP contribution in [0.4, 0.5) is 0 Å². The van der Waals surface area contributed by atoms with E-state index in [4.69, 9.17) is 0 Å². The van der Waals surface area contributed by atoms with Gasteiger partial charge < -0.3 is 5.11 Å². The van der Waals surface area contributed by atoms with Gasteiger partial charge in [0.25, 0.3) is 0 Å². The van der Waals surface area contributed by atoms with Gasteiger partial charge in [-0.05, 0) is 42.2 Å². The van der Waals surface area contributed by atoms with E-state index in [1.54, 1.807) is 23.9 Å². The third kappa shape index (κ3) is 2.89. The molecule has 0 radical (unpaired) electrons. The van der Waals surface area contributed by atoms with Crippen molar-refractivity contribution in [1.82, 2.24) is 14.8 Å². The Balaban J connectivity index is 2.19. The van der Waals surface area contributed by atoms with Gasteiger partial charge in [-0.1, -0.05) is 46.7 Å². The number of rotatable bonds is 4. The number of aromatic nitrogens is 3. The average molecular weight is 376 g/mol. The summed E-state index contributed by atoms with van der Waals surface area (Å²) in [6.45, 7) is 2.07. The molecule has 112 valence electrons. The number of thioether (sulfide) groups is 1. The van der Waals surface area contributed by atoms with Gasteiger partial charge in [-0.25, -0.2) is 0 Å². The van der Waals surface area contributed by atoms with Gasteiger partial charge in [-0.3, -0.25) is 4.57 Å². The first kappa shape index (κ1) is 15.1. The van der Waals surface area contributed by atoms with Crippen LogP contribution in [-0.2, 0) is 0 Å². The van der Waals surface area contributed by atoms with Gasteiger partial charge in [-0.15, -0.1) is 10.2 Å². The van der Waals surface area contributed by atoms with Gasteiger partial charge in [0.1, 0.15) is 5.75 Å². The standard InChI is InChI=1S/C16H14BrN3OS/c1-2-22-16-19-18-15(13-5-3-4-6-14(13)21)20(16)12-9-7-11(17)8-10-12/h3-10,21H,2H2,1H3. The van der Waals surface area contributed by atoms with Crippen LogP contribution < -0.4 is 0 Å². The molecule has 0 saturated heterocycles. The van der Waals surface area contributed by atoms with Gasteiger partial charge in [-0.2, -0.15) is 0 Å². The first-order valence-electron chi connectivity index (χ1n) is 6.83. The van der Waals surface area contributed by atoms with Crippen LogP contribution in [0.3, 0.4) is 0 Å². The van der Waals surface area contributed by atoms with Gasteiger partial charge in [0.2, 0.25) is 0 Å². The summed E-state index contributed by atoms with van der Waals surface area (Å²) in [5.74, 6) is 1.73. The molecule has 0 aliphatic rings. The highest BCUT2D eigenvalue weighted by atomic mass is 79.9. The number of phenolic OH excluding ortho intramolecular Hbond substituents is 1. The highest BCUT2D eigenvalue weighted by Gasteiger charge is 2.17. The van der Waals surface area contributed by atoms with E-state index in [1.807, 2.05) is 41.0 Å². The molecular formula is C16H14BrN3OS. The maximum Gasteiger partial charge on any atom is 0.196 e. The minimum absolute atomic E-state index is 0.196. The minimum Gasteiger partial charge on any atom is -0.507 e. The molecular weight excluding hydrogens is 362 g/mol. The summed E-state index contributed by atoms with van der Waals surface area (Å²) >= 11 is 5.07. The van der Waals surface area contributed by atoms with Crippen LogP contribution >= 0.6 is 27.7 Å². The molecule has 0 unspecified atom stereocenters. The Morgan fingerprint density at radius 1 is 1.09 bits per heavy atom. The van der Waals surface area contributed by atoms with Gasteiger partial charge in [0.15, 0.2) is 11.0 Å². The van der Waals surface area contributed by atoms with Gasteiger partial charge in [0, 0.05) is 10.2 Å². The van der Waals surface area contributed by atoms with Crippen molar-refractivity contribution in [1.29, 1.82) is 0 Å². The maximum atomic E-state index is 10.1. The number of halogens is 1. The largest absolute Gasteiger partial charge is 0.507 e. The normalized spacial score (nSPS) is 10.8. The molecule has 2 aromatic carbocycles. The summed E-state index contributed by atoms with van der Waals surface area (Å²) in [5, 5.41) is 19.5. The molecule has 0 spiro atoms. The van der Waals surface area contributed by atoms with Crippen molar-refractivity contribution >= 4 is 27.7 Å². The van der Waals surface area contributed by atoms with Crippen LogP contribution in [0.2, 0.25) is 0 Å². The van der Waals surface area contributed by atoms with E-state index in [1.165, 1.54) is 0 Å². The lowest BCUT2D eigenvalue weighted by atomic mass is 10.2. The molecule has 0 fully saturated rings. The maximum absolute atomic E-state index is 10.1. The molecule has 0 atom stereocenters. The van der Waals surface area contributed by atoms with E-state index in [0.29, 0.717) is 11.4 Å². The molecule has 0 bridgehead atoms. The summed E-state index contributed by atoms with van der Waals surface area (Å²) in [6.07, 6.45) is 0. The van der Waals surface area contributed by atoms with Crippen molar-refractivity contribution in [3.05, 3.63) is 53.0 Å². The highest BCUT2D eigenvalue weighted by molar-refractivity contribution is 9.10. The van der Waals surface area contributed by atoms with Crippen LogP contribution in [0, 0.1) is 0 Å². The predicted molar refractivity (Wildman–Crippen MR) is 92.6 cm³/mol. The number of phenols is 1. The van der Waals surface area contributed by atoms with E-state index < -0.39 is 0 Å². The number of aromatic hydroxyl groups is 1. The summed E-state index contributed by atoms with van der Waals surface area (Å²) in [6, 6.07) is 15.1. The molecule has 3 aromatic rings. The molecule has 1 heterocycles. The van der Waals surface area contributed by atoms with Crippen molar-refractivity contribution < 1.29 is 5.11 Å². The Labute approximate surface area is 141 Å². The van der Waals surface area contributed by atoms with Crippen molar-refractivity contribution in [2.75, 3.05) is 5.75 Å². The molecule has 0 aliphatic carbocycles. The molecule has 0 aliphatic heterocycles. The predicted octanol–water partition coefficient (Wildman–Crippen LogP) is 4.51. The first-order valence-corrected chi connectivity index (χ1v) is 8.61. The fourth-order valence-electron chi connectivity index (χ4n) is 2.15. The van der Waals surface area contributed by atoms with Crippen LogP contribution in [-0.4, -0.2) is 25.6 Å². The summed E-state index contributed by atoms with van der Waals surface area (Å²) in [5.41, 5.74) is 1.63. The third-order valence-corrected chi connectivity index (χ3v) is 4.48. The van der Waals surface area contributed by atoms with Crippen molar-refractivity contribution in [3.8, 4) is 22.8 Å². The number of para-hydroxylation sites is 1. The van der Waals surface area contributed by atoms with E-state index >= 15 is 0 Å². The highest BCUT2D eigenvalue weighted by Crippen LogP contribution is 2.32. The second kappa shape index (κ2) is 6.54. The summed E-state index contributed by atoms with van der Waals surface area (Å²) in [4.78, 5) is 0. The van der Waals surface area contributed by atoms with Crippen LogP contribution in [0.5, 0.6) is 5.75 Å². The molecule has 3 rings (SSSR count). The molecule has 1 N–H and O–H groups in total. The van der Waals surface area contributed by atoms with Crippen LogP contribution in [0.25, 0.3) is 17.1 Å². The fraction of sp³-hybridized carbons (Fsp3) is 0.125. The van der Waals surface area contributed by atoms with E-state index in [0.717, 1.165) is 21.1 Å². The van der Waals surface area contributed by atoms with Crippen LogP contribution in [0.15, 0.2) is 58.2 Å². The molecule has 0 saturated carbocycles. The van der Waals surface area contributed by atoms with E-state index in [-0.39, 0.29) is 5.75 Å². The first-order chi connectivity index (χ1) is 10.7. The second-order valence-corrected chi connectivity index (χ2v) is 6.72. The molecule has 1 aromatic heterocycles. The second-order valence-electron chi connectivity index (χ2n) is 4.57. The van der Waals surface area contributed by atoms with Crippen molar-refractivity contribution in [3.63, 3.8) is 0 Å². The Morgan fingerprint density at radius 2 is 1.82 bits per heavy atom. The van der Waals surface area contributed by atoms with Gasteiger partial charge >= 0.3 is 0 Å². The van der Waals surface area contributed by atoms with E-state index in [2.05, 4.69) is 33.1 Å². The lowest BCUT2D eigenvalue weighted by molar-refractivity contribution is 0.476. The van der Waals surface area contributed by atoms with Crippen molar-refractivity contribution in [2.45, 2.75) is 12.1 Å². The summed E-state index contributed by atoms with van der Waals surface area (Å²) in [7, 11) is 0. The quantitative estimate of drug-likeness (QED) is 0.681. The fourth-order valence-corrected chi connectivity index (χ4v) is 3.09. The van der Waals surface area contributed by atoms with Gasteiger partial charge in [0.05, 0.1) is 5.56 Å². The SMILES string of the molecule is CCSc1nnc(-c2ccccc2O)n1-c1ccc(Br)cc1.